The van der Waals surface area contributed by atoms with E-state index in [0.29, 0.717) is 38.3 Å². The van der Waals surface area contributed by atoms with E-state index in [2.05, 4.69) is 0 Å². The highest BCUT2D eigenvalue weighted by molar-refractivity contribution is 5.94. The average molecular weight is 353 g/mol. The number of carbonyl (C=O) groups is 2. The number of nitrogens with zero attached hydrogens (tertiary/aromatic N) is 3. The van der Waals surface area contributed by atoms with Crippen molar-refractivity contribution >= 4 is 11.9 Å². The first-order valence-electron chi connectivity index (χ1n) is 8.76. The van der Waals surface area contributed by atoms with Crippen LogP contribution in [-0.2, 0) is 6.54 Å². The maximum absolute atomic E-state index is 13.1. The zero-order valence-electron chi connectivity index (χ0n) is 14.3. The molecule has 3 amide bonds. The highest BCUT2D eigenvalue weighted by atomic mass is 19.1. The Hall–Kier alpha value is -2.89. The molecule has 0 aliphatic carbocycles. The summed E-state index contributed by atoms with van der Waals surface area (Å²) >= 11 is 0. The van der Waals surface area contributed by atoms with Gasteiger partial charge in [-0.3, -0.25) is 4.79 Å². The average Bonchev–Trinajstić information content (AvgIpc) is 2.98. The van der Waals surface area contributed by atoms with E-state index in [9.17, 15) is 14.0 Å². The van der Waals surface area contributed by atoms with Crippen LogP contribution >= 0.6 is 0 Å². The number of rotatable bonds is 3. The SMILES string of the molecule is O=C(c1ccccc1)N1CCN2C(=O)N(Cc3ccc(F)cc3)CC2C1. The summed E-state index contributed by atoms with van der Waals surface area (Å²) < 4.78 is 13.1. The zero-order valence-corrected chi connectivity index (χ0v) is 14.3. The van der Waals surface area contributed by atoms with E-state index in [4.69, 9.17) is 0 Å². The number of urea groups is 1. The normalized spacial score (nSPS) is 19.7. The Balaban J connectivity index is 1.43. The Morgan fingerprint density at radius 2 is 1.73 bits per heavy atom. The smallest absolute Gasteiger partial charge is 0.320 e. The summed E-state index contributed by atoms with van der Waals surface area (Å²) in [4.78, 5) is 30.7. The van der Waals surface area contributed by atoms with Gasteiger partial charge in [-0.1, -0.05) is 30.3 Å². The zero-order chi connectivity index (χ0) is 18.1. The highest BCUT2D eigenvalue weighted by Gasteiger charge is 2.41. The monoisotopic (exact) mass is 353 g/mol. The standard InChI is InChI=1S/C20H20FN3O2/c21-17-8-6-15(7-9-17)12-23-14-18-13-22(10-11-24(18)20(23)26)19(25)16-4-2-1-3-5-16/h1-9,18H,10-14H2. The van der Waals surface area contributed by atoms with Gasteiger partial charge in [-0.15, -0.1) is 0 Å². The number of fused-ring (bicyclic) bond motifs is 1. The Labute approximate surface area is 151 Å². The quantitative estimate of drug-likeness (QED) is 0.851. The summed E-state index contributed by atoms with van der Waals surface area (Å²) in [6.07, 6.45) is 0. The molecule has 2 aliphatic heterocycles. The van der Waals surface area contributed by atoms with Crippen molar-refractivity contribution in [1.29, 1.82) is 0 Å². The fourth-order valence-electron chi connectivity index (χ4n) is 3.67. The summed E-state index contributed by atoms with van der Waals surface area (Å²) in [5.74, 6) is -0.274. The van der Waals surface area contributed by atoms with Crippen LogP contribution in [0.1, 0.15) is 15.9 Å². The molecule has 2 aromatic rings. The first-order chi connectivity index (χ1) is 12.6. The van der Waals surface area contributed by atoms with Gasteiger partial charge in [-0.25, -0.2) is 9.18 Å². The number of hydrogen-bond donors (Lipinski definition) is 0. The number of benzene rings is 2. The van der Waals surface area contributed by atoms with Gasteiger partial charge in [0, 0.05) is 38.3 Å². The van der Waals surface area contributed by atoms with Crippen molar-refractivity contribution in [2.75, 3.05) is 26.2 Å². The summed E-state index contributed by atoms with van der Waals surface area (Å²) in [6, 6.07) is 15.4. The number of carbonyl (C=O) groups excluding carboxylic acids is 2. The highest BCUT2D eigenvalue weighted by Crippen LogP contribution is 2.23. The molecule has 26 heavy (non-hydrogen) atoms. The van der Waals surface area contributed by atoms with E-state index in [1.54, 1.807) is 17.0 Å². The third-order valence-corrected chi connectivity index (χ3v) is 5.02. The van der Waals surface area contributed by atoms with Crippen molar-refractivity contribution in [2.45, 2.75) is 12.6 Å². The second-order valence-corrected chi connectivity index (χ2v) is 6.75. The van der Waals surface area contributed by atoms with Crippen molar-refractivity contribution < 1.29 is 14.0 Å². The fraction of sp³-hybridized carbons (Fsp3) is 0.300. The maximum atomic E-state index is 13.1. The molecule has 5 nitrogen and oxygen atoms in total. The molecule has 2 aromatic carbocycles. The van der Waals surface area contributed by atoms with Crippen LogP contribution < -0.4 is 0 Å². The van der Waals surface area contributed by atoms with Crippen LogP contribution in [0.15, 0.2) is 54.6 Å². The minimum Gasteiger partial charge on any atom is -0.335 e. The third-order valence-electron chi connectivity index (χ3n) is 5.02. The van der Waals surface area contributed by atoms with Crippen molar-refractivity contribution in [2.24, 2.45) is 0 Å². The topological polar surface area (TPSA) is 43.9 Å². The fourth-order valence-corrected chi connectivity index (χ4v) is 3.67. The van der Waals surface area contributed by atoms with Crippen LogP contribution in [0.2, 0.25) is 0 Å². The van der Waals surface area contributed by atoms with Crippen LogP contribution in [0.3, 0.4) is 0 Å². The van der Waals surface area contributed by atoms with E-state index in [-0.39, 0.29) is 23.8 Å². The Morgan fingerprint density at radius 3 is 2.46 bits per heavy atom. The predicted molar refractivity (Wildman–Crippen MR) is 95.0 cm³/mol. The molecule has 0 spiro atoms. The van der Waals surface area contributed by atoms with Crippen molar-refractivity contribution in [3.05, 3.63) is 71.5 Å². The van der Waals surface area contributed by atoms with Gasteiger partial charge in [0.2, 0.25) is 0 Å². The molecule has 2 aliphatic rings. The predicted octanol–water partition coefficient (Wildman–Crippen LogP) is 2.59. The minimum atomic E-state index is -0.283. The largest absolute Gasteiger partial charge is 0.335 e. The molecular weight excluding hydrogens is 333 g/mol. The van der Waals surface area contributed by atoms with Crippen molar-refractivity contribution in [3.63, 3.8) is 0 Å². The molecule has 2 heterocycles. The summed E-state index contributed by atoms with van der Waals surface area (Å²) in [5, 5.41) is 0. The third kappa shape index (κ3) is 3.14. The summed E-state index contributed by atoms with van der Waals surface area (Å²) in [7, 11) is 0. The van der Waals surface area contributed by atoms with Crippen molar-refractivity contribution in [1.82, 2.24) is 14.7 Å². The van der Waals surface area contributed by atoms with Gasteiger partial charge < -0.3 is 14.7 Å². The lowest BCUT2D eigenvalue weighted by atomic mass is 10.1. The van der Waals surface area contributed by atoms with Crippen molar-refractivity contribution in [3.8, 4) is 0 Å². The number of halogens is 1. The molecule has 0 radical (unpaired) electrons. The Kier molecular flexibility index (Phi) is 4.32. The lowest BCUT2D eigenvalue weighted by molar-refractivity contribution is 0.0617. The maximum Gasteiger partial charge on any atom is 0.320 e. The first kappa shape index (κ1) is 16.6. The van der Waals surface area contributed by atoms with E-state index >= 15 is 0 Å². The summed E-state index contributed by atoms with van der Waals surface area (Å²) in [5.41, 5.74) is 1.57. The van der Waals surface area contributed by atoms with E-state index < -0.39 is 0 Å². The van der Waals surface area contributed by atoms with Gasteiger partial charge in [0.25, 0.3) is 5.91 Å². The van der Waals surface area contributed by atoms with Crippen LogP contribution in [0, 0.1) is 5.82 Å². The lowest BCUT2D eigenvalue weighted by Crippen LogP contribution is -2.53. The van der Waals surface area contributed by atoms with Crippen LogP contribution in [0.4, 0.5) is 9.18 Å². The van der Waals surface area contributed by atoms with Crippen LogP contribution in [-0.4, -0.2) is 58.9 Å². The lowest BCUT2D eigenvalue weighted by Gasteiger charge is -2.36. The van der Waals surface area contributed by atoms with Gasteiger partial charge in [-0.2, -0.15) is 0 Å². The van der Waals surface area contributed by atoms with E-state index in [1.807, 2.05) is 40.1 Å². The van der Waals surface area contributed by atoms with Gasteiger partial charge >= 0.3 is 6.03 Å². The first-order valence-corrected chi connectivity index (χ1v) is 8.76. The van der Waals surface area contributed by atoms with Gasteiger partial charge in [0.1, 0.15) is 5.82 Å². The molecule has 4 rings (SSSR count). The van der Waals surface area contributed by atoms with Gasteiger partial charge in [0.05, 0.1) is 6.04 Å². The molecule has 1 atom stereocenters. The Bertz CT molecular complexity index is 810. The second-order valence-electron chi connectivity index (χ2n) is 6.75. The second kappa shape index (κ2) is 6.78. The van der Waals surface area contributed by atoms with E-state index in [1.165, 1.54) is 12.1 Å². The minimum absolute atomic E-state index is 0.00404. The molecular formula is C20H20FN3O2. The number of hydrogen-bond acceptors (Lipinski definition) is 2. The Morgan fingerprint density at radius 1 is 1.00 bits per heavy atom. The number of piperazine rings is 1. The summed E-state index contributed by atoms with van der Waals surface area (Å²) in [6.45, 7) is 2.66. The van der Waals surface area contributed by atoms with E-state index in [0.717, 1.165) is 5.56 Å². The molecule has 0 aromatic heterocycles. The van der Waals surface area contributed by atoms with Crippen LogP contribution in [0.5, 0.6) is 0 Å². The van der Waals surface area contributed by atoms with Crippen LogP contribution in [0.25, 0.3) is 0 Å². The molecule has 0 bridgehead atoms. The van der Waals surface area contributed by atoms with Gasteiger partial charge in [-0.05, 0) is 29.8 Å². The molecule has 2 saturated heterocycles. The molecule has 0 N–H and O–H groups in total. The molecule has 2 fully saturated rings. The molecule has 6 heteroatoms. The molecule has 0 saturated carbocycles. The molecule has 134 valence electrons. The molecule has 1 unspecified atom stereocenters. The van der Waals surface area contributed by atoms with Gasteiger partial charge in [0.15, 0.2) is 0 Å². The number of amides is 3.